The zero-order valence-corrected chi connectivity index (χ0v) is 11.3. The highest BCUT2D eigenvalue weighted by molar-refractivity contribution is 5.27. The third-order valence-corrected chi connectivity index (χ3v) is 2.05. The molecule has 0 bridgehead atoms. The van der Waals surface area contributed by atoms with Crippen LogP contribution in [-0.4, -0.2) is 49.4 Å². The molecule has 102 valence electrons. The van der Waals surface area contributed by atoms with Crippen LogP contribution in [0.1, 0.15) is 13.8 Å². The standard InChI is InChI=1S/C12H22N4O2/c1-10(2)18-11-4-5-14-12(16-11)15-7-6-13-8-9-17-3/h4-5,10,13H,6-9H2,1-3H3,(H,14,15,16). The van der Waals surface area contributed by atoms with Crippen molar-refractivity contribution in [3.63, 3.8) is 0 Å². The molecular weight excluding hydrogens is 232 g/mol. The quantitative estimate of drug-likeness (QED) is 0.638. The van der Waals surface area contributed by atoms with E-state index in [4.69, 9.17) is 9.47 Å². The molecule has 0 atom stereocenters. The second kappa shape index (κ2) is 8.66. The van der Waals surface area contributed by atoms with Crippen molar-refractivity contribution in [1.82, 2.24) is 15.3 Å². The predicted molar refractivity (Wildman–Crippen MR) is 71.0 cm³/mol. The number of anilines is 1. The van der Waals surface area contributed by atoms with Gasteiger partial charge in [0.15, 0.2) is 0 Å². The maximum absolute atomic E-state index is 5.49. The van der Waals surface area contributed by atoms with E-state index in [1.807, 2.05) is 13.8 Å². The average Bonchev–Trinajstić information content (AvgIpc) is 2.33. The van der Waals surface area contributed by atoms with Gasteiger partial charge in [-0.15, -0.1) is 0 Å². The molecule has 1 aromatic heterocycles. The van der Waals surface area contributed by atoms with Gasteiger partial charge in [-0.3, -0.25) is 0 Å². The molecule has 0 aliphatic rings. The molecule has 0 fully saturated rings. The van der Waals surface area contributed by atoms with Gasteiger partial charge in [0, 0.05) is 39.0 Å². The lowest BCUT2D eigenvalue weighted by Crippen LogP contribution is -2.25. The van der Waals surface area contributed by atoms with Gasteiger partial charge in [0.2, 0.25) is 11.8 Å². The van der Waals surface area contributed by atoms with Crippen LogP contribution < -0.4 is 15.4 Å². The van der Waals surface area contributed by atoms with E-state index in [0.29, 0.717) is 18.4 Å². The minimum Gasteiger partial charge on any atom is -0.475 e. The average molecular weight is 254 g/mol. The summed E-state index contributed by atoms with van der Waals surface area (Å²) in [5.41, 5.74) is 0. The Morgan fingerprint density at radius 2 is 2.11 bits per heavy atom. The first-order chi connectivity index (χ1) is 8.72. The predicted octanol–water partition coefficient (Wildman–Crippen LogP) is 0.912. The number of methoxy groups -OCH3 is 1. The summed E-state index contributed by atoms with van der Waals surface area (Å²) < 4.78 is 10.4. The fourth-order valence-electron chi connectivity index (χ4n) is 1.30. The van der Waals surface area contributed by atoms with Gasteiger partial charge >= 0.3 is 0 Å². The molecule has 0 aliphatic carbocycles. The zero-order chi connectivity index (χ0) is 13.2. The highest BCUT2D eigenvalue weighted by Crippen LogP contribution is 2.09. The van der Waals surface area contributed by atoms with E-state index < -0.39 is 0 Å². The first kappa shape index (κ1) is 14.7. The number of rotatable bonds is 9. The van der Waals surface area contributed by atoms with E-state index in [1.54, 1.807) is 19.4 Å². The molecule has 0 unspecified atom stereocenters. The van der Waals surface area contributed by atoms with E-state index >= 15 is 0 Å². The molecule has 0 radical (unpaired) electrons. The van der Waals surface area contributed by atoms with Gasteiger partial charge in [-0.1, -0.05) is 0 Å². The lowest BCUT2D eigenvalue weighted by molar-refractivity contribution is 0.200. The normalized spacial score (nSPS) is 10.7. The molecule has 0 spiro atoms. The highest BCUT2D eigenvalue weighted by atomic mass is 16.5. The second-order valence-corrected chi connectivity index (χ2v) is 4.05. The topological polar surface area (TPSA) is 68.3 Å². The largest absolute Gasteiger partial charge is 0.475 e. The van der Waals surface area contributed by atoms with Crippen LogP contribution in [-0.2, 0) is 4.74 Å². The van der Waals surface area contributed by atoms with Crippen molar-refractivity contribution >= 4 is 5.95 Å². The molecule has 1 aromatic rings. The highest BCUT2D eigenvalue weighted by Gasteiger charge is 2.01. The van der Waals surface area contributed by atoms with Gasteiger partial charge in [0.05, 0.1) is 12.7 Å². The third kappa shape index (κ3) is 6.36. The van der Waals surface area contributed by atoms with Crippen LogP contribution in [0.15, 0.2) is 12.3 Å². The van der Waals surface area contributed by atoms with Crippen LogP contribution in [0.3, 0.4) is 0 Å². The van der Waals surface area contributed by atoms with Crippen molar-refractivity contribution in [2.45, 2.75) is 20.0 Å². The first-order valence-electron chi connectivity index (χ1n) is 6.15. The maximum Gasteiger partial charge on any atom is 0.225 e. The summed E-state index contributed by atoms with van der Waals surface area (Å²) in [4.78, 5) is 8.38. The van der Waals surface area contributed by atoms with Crippen LogP contribution in [0.25, 0.3) is 0 Å². The number of aromatic nitrogens is 2. The molecule has 1 heterocycles. The number of hydrogen-bond acceptors (Lipinski definition) is 6. The number of hydrogen-bond donors (Lipinski definition) is 2. The van der Waals surface area contributed by atoms with Crippen molar-refractivity contribution in [2.24, 2.45) is 0 Å². The molecule has 0 amide bonds. The van der Waals surface area contributed by atoms with Crippen molar-refractivity contribution < 1.29 is 9.47 Å². The maximum atomic E-state index is 5.49. The van der Waals surface area contributed by atoms with Crippen molar-refractivity contribution in [2.75, 3.05) is 38.7 Å². The van der Waals surface area contributed by atoms with Gasteiger partial charge in [0.1, 0.15) is 0 Å². The molecule has 0 saturated heterocycles. The third-order valence-electron chi connectivity index (χ3n) is 2.05. The van der Waals surface area contributed by atoms with Crippen molar-refractivity contribution in [3.05, 3.63) is 12.3 Å². The van der Waals surface area contributed by atoms with Crippen LogP contribution >= 0.6 is 0 Å². The second-order valence-electron chi connectivity index (χ2n) is 4.05. The summed E-state index contributed by atoms with van der Waals surface area (Å²) >= 11 is 0. The van der Waals surface area contributed by atoms with E-state index in [9.17, 15) is 0 Å². The summed E-state index contributed by atoms with van der Waals surface area (Å²) in [6.45, 7) is 7.09. The Kier molecular flexibility index (Phi) is 7.05. The summed E-state index contributed by atoms with van der Waals surface area (Å²) in [7, 11) is 1.69. The SMILES string of the molecule is COCCNCCNc1nccc(OC(C)C)n1. The Morgan fingerprint density at radius 1 is 1.28 bits per heavy atom. The van der Waals surface area contributed by atoms with Gasteiger partial charge in [0.25, 0.3) is 0 Å². The molecule has 6 nitrogen and oxygen atoms in total. The van der Waals surface area contributed by atoms with Gasteiger partial charge in [-0.25, -0.2) is 4.98 Å². The van der Waals surface area contributed by atoms with E-state index in [1.165, 1.54) is 0 Å². The fraction of sp³-hybridized carbons (Fsp3) is 0.667. The molecular formula is C12H22N4O2. The number of nitrogens with one attached hydrogen (secondary N) is 2. The molecule has 0 saturated carbocycles. The van der Waals surface area contributed by atoms with E-state index in [-0.39, 0.29) is 6.10 Å². The Morgan fingerprint density at radius 3 is 2.83 bits per heavy atom. The summed E-state index contributed by atoms with van der Waals surface area (Å²) in [6.07, 6.45) is 1.80. The molecule has 2 N–H and O–H groups in total. The summed E-state index contributed by atoms with van der Waals surface area (Å²) in [5.74, 6) is 1.18. The smallest absolute Gasteiger partial charge is 0.225 e. The van der Waals surface area contributed by atoms with Gasteiger partial charge in [-0.05, 0) is 13.8 Å². The first-order valence-corrected chi connectivity index (χ1v) is 6.15. The number of nitrogens with zero attached hydrogens (tertiary/aromatic N) is 2. The Bertz CT molecular complexity index is 334. The molecule has 0 aromatic carbocycles. The lowest BCUT2D eigenvalue weighted by atomic mass is 10.5. The lowest BCUT2D eigenvalue weighted by Gasteiger charge is -2.10. The van der Waals surface area contributed by atoms with Gasteiger partial charge in [-0.2, -0.15) is 4.98 Å². The Hall–Kier alpha value is -1.40. The fourth-order valence-corrected chi connectivity index (χ4v) is 1.30. The van der Waals surface area contributed by atoms with E-state index in [2.05, 4.69) is 20.6 Å². The Balaban J connectivity index is 2.25. The van der Waals surface area contributed by atoms with Crippen molar-refractivity contribution in [1.29, 1.82) is 0 Å². The van der Waals surface area contributed by atoms with Crippen LogP contribution in [0.4, 0.5) is 5.95 Å². The Labute approximate surface area is 108 Å². The van der Waals surface area contributed by atoms with Crippen LogP contribution in [0.2, 0.25) is 0 Å². The monoisotopic (exact) mass is 254 g/mol. The number of ether oxygens (including phenoxy) is 2. The minimum absolute atomic E-state index is 0.114. The molecule has 6 heteroatoms. The summed E-state index contributed by atoms with van der Waals surface area (Å²) in [6, 6.07) is 1.75. The zero-order valence-electron chi connectivity index (χ0n) is 11.3. The molecule has 0 aliphatic heterocycles. The molecule has 18 heavy (non-hydrogen) atoms. The van der Waals surface area contributed by atoms with Gasteiger partial charge < -0.3 is 20.1 Å². The summed E-state index contributed by atoms with van der Waals surface area (Å²) in [5, 5.41) is 6.36. The van der Waals surface area contributed by atoms with E-state index in [0.717, 1.165) is 19.6 Å². The van der Waals surface area contributed by atoms with Crippen molar-refractivity contribution in [3.8, 4) is 5.88 Å². The minimum atomic E-state index is 0.114. The van der Waals surface area contributed by atoms with Crippen LogP contribution in [0.5, 0.6) is 5.88 Å². The molecule has 1 rings (SSSR count). The van der Waals surface area contributed by atoms with Crippen LogP contribution in [0, 0.1) is 0 Å².